The van der Waals surface area contributed by atoms with Crippen molar-refractivity contribution in [1.82, 2.24) is 0 Å². The van der Waals surface area contributed by atoms with Gasteiger partial charge in [0.1, 0.15) is 0 Å². The van der Waals surface area contributed by atoms with Gasteiger partial charge in [-0.3, -0.25) is 0 Å². The van der Waals surface area contributed by atoms with E-state index in [0.717, 1.165) is 0 Å². The van der Waals surface area contributed by atoms with Crippen LogP contribution in [0.3, 0.4) is 0 Å². The second kappa shape index (κ2) is 2.28. The first kappa shape index (κ1) is 10.1. The Morgan fingerprint density at radius 2 is 1.38 bits per heavy atom. The molecule has 0 amide bonds. The lowest BCUT2D eigenvalue weighted by Crippen LogP contribution is -2.58. The molecule has 0 atom stereocenters. The van der Waals surface area contributed by atoms with Gasteiger partial charge in [0, 0.05) is 0 Å². The molecule has 3 nitrogen and oxygen atoms in total. The van der Waals surface area contributed by atoms with E-state index in [1.807, 2.05) is 0 Å². The first-order valence-electron chi connectivity index (χ1n) is 2.65. The smallest absolute Gasteiger partial charge is 0.388 e. The molecule has 0 aliphatic carbocycles. The normalized spacial score (nSPS) is 29.5. The summed E-state index contributed by atoms with van der Waals surface area (Å²) in [7, 11) is 0. The Morgan fingerprint density at radius 3 is 1.77 bits per heavy atom. The standard InChI is InChI=1S/C4F6O3/c5-2(6)1(11)12-3(7,8)4(9,10)13-2. The van der Waals surface area contributed by atoms with Crippen LogP contribution < -0.4 is 0 Å². The van der Waals surface area contributed by atoms with Gasteiger partial charge >= 0.3 is 24.3 Å². The summed E-state index contributed by atoms with van der Waals surface area (Å²) in [6.45, 7) is 0. The molecule has 13 heavy (non-hydrogen) atoms. The maximum absolute atomic E-state index is 11.9. The van der Waals surface area contributed by atoms with Crippen molar-refractivity contribution in [3.8, 4) is 0 Å². The lowest BCUT2D eigenvalue weighted by atomic mass is 10.4. The van der Waals surface area contributed by atoms with Crippen LogP contribution in [0.1, 0.15) is 0 Å². The predicted octanol–water partition coefficient (Wildman–Crippen LogP) is 1.34. The summed E-state index contributed by atoms with van der Waals surface area (Å²) in [5.41, 5.74) is 0. The van der Waals surface area contributed by atoms with E-state index in [0.29, 0.717) is 0 Å². The molecule has 1 saturated heterocycles. The van der Waals surface area contributed by atoms with E-state index >= 15 is 0 Å². The summed E-state index contributed by atoms with van der Waals surface area (Å²) in [5, 5.41) is 0. The number of ether oxygens (including phenoxy) is 2. The molecule has 0 aromatic rings. The van der Waals surface area contributed by atoms with Crippen LogP contribution in [-0.2, 0) is 14.3 Å². The van der Waals surface area contributed by atoms with Crippen molar-refractivity contribution in [2.75, 3.05) is 0 Å². The number of cyclic esters (lactones) is 1. The van der Waals surface area contributed by atoms with Crippen molar-refractivity contribution in [3.05, 3.63) is 0 Å². The second-order valence-electron chi connectivity index (χ2n) is 2.04. The summed E-state index contributed by atoms with van der Waals surface area (Å²) in [5.74, 6) is -2.86. The van der Waals surface area contributed by atoms with Gasteiger partial charge in [-0.25, -0.2) is 9.53 Å². The maximum atomic E-state index is 11.9. The third-order valence-electron chi connectivity index (χ3n) is 1.05. The first-order valence-corrected chi connectivity index (χ1v) is 2.65. The van der Waals surface area contributed by atoms with Crippen molar-refractivity contribution in [1.29, 1.82) is 0 Å². The van der Waals surface area contributed by atoms with Gasteiger partial charge < -0.3 is 4.74 Å². The minimum Gasteiger partial charge on any atom is -0.388 e. The van der Waals surface area contributed by atoms with Crippen LogP contribution >= 0.6 is 0 Å². The predicted molar refractivity (Wildman–Crippen MR) is 22.0 cm³/mol. The molecule has 1 heterocycles. The van der Waals surface area contributed by atoms with Gasteiger partial charge in [-0.15, -0.1) is 0 Å². The van der Waals surface area contributed by atoms with Crippen LogP contribution in [0.15, 0.2) is 0 Å². The van der Waals surface area contributed by atoms with Crippen LogP contribution in [0.2, 0.25) is 0 Å². The highest BCUT2D eigenvalue weighted by Crippen LogP contribution is 2.45. The van der Waals surface area contributed by atoms with Gasteiger partial charge in [0.15, 0.2) is 0 Å². The molecule has 0 unspecified atom stereocenters. The van der Waals surface area contributed by atoms with E-state index in [4.69, 9.17) is 0 Å². The Kier molecular flexibility index (Phi) is 1.77. The van der Waals surface area contributed by atoms with Crippen molar-refractivity contribution < 1.29 is 40.6 Å². The number of carbonyl (C=O) groups excluding carboxylic acids is 1. The molecule has 0 spiro atoms. The van der Waals surface area contributed by atoms with Crippen molar-refractivity contribution >= 4 is 5.97 Å². The number of hydrogen-bond acceptors (Lipinski definition) is 3. The third kappa shape index (κ3) is 1.43. The fourth-order valence-corrected chi connectivity index (χ4v) is 0.497. The van der Waals surface area contributed by atoms with E-state index < -0.39 is 24.3 Å². The number of halogens is 6. The molecule has 0 saturated carbocycles. The van der Waals surface area contributed by atoms with Gasteiger partial charge in [0.05, 0.1) is 0 Å². The molecule has 0 bridgehead atoms. The molecule has 76 valence electrons. The summed E-state index contributed by atoms with van der Waals surface area (Å²) < 4.78 is 76.4. The SMILES string of the molecule is O=C1OC(F)(F)C(F)(F)OC1(F)F. The van der Waals surface area contributed by atoms with Gasteiger partial charge in [0.25, 0.3) is 0 Å². The summed E-state index contributed by atoms with van der Waals surface area (Å²) >= 11 is 0. The van der Waals surface area contributed by atoms with Gasteiger partial charge in [0.2, 0.25) is 0 Å². The number of alkyl halides is 6. The average Bonchev–Trinajstić information content (AvgIpc) is 1.80. The molecule has 1 fully saturated rings. The maximum Gasteiger partial charge on any atom is 0.496 e. The molecule has 9 heteroatoms. The zero-order valence-corrected chi connectivity index (χ0v) is 5.49. The van der Waals surface area contributed by atoms with E-state index in [1.165, 1.54) is 0 Å². The molecule has 1 aliphatic heterocycles. The summed E-state index contributed by atoms with van der Waals surface area (Å²) in [6.07, 6.45) is -16.0. The molecular weight excluding hydrogens is 210 g/mol. The molecule has 0 aromatic heterocycles. The van der Waals surface area contributed by atoms with E-state index in [1.54, 1.807) is 0 Å². The molecular formula is C4F6O3. The minimum atomic E-state index is -5.54. The molecule has 1 rings (SSSR count). The van der Waals surface area contributed by atoms with Gasteiger partial charge in [-0.1, -0.05) is 0 Å². The lowest BCUT2D eigenvalue weighted by molar-refractivity contribution is -0.495. The van der Waals surface area contributed by atoms with Crippen LogP contribution in [-0.4, -0.2) is 24.3 Å². The molecule has 0 radical (unpaired) electrons. The van der Waals surface area contributed by atoms with Gasteiger partial charge in [-0.2, -0.15) is 26.3 Å². The number of carbonyl (C=O) groups is 1. The third-order valence-corrected chi connectivity index (χ3v) is 1.05. The van der Waals surface area contributed by atoms with E-state index in [2.05, 4.69) is 9.47 Å². The lowest BCUT2D eigenvalue weighted by Gasteiger charge is -2.32. The zero-order valence-electron chi connectivity index (χ0n) is 5.49. The van der Waals surface area contributed by atoms with Gasteiger partial charge in [-0.05, 0) is 0 Å². The van der Waals surface area contributed by atoms with E-state index in [-0.39, 0.29) is 0 Å². The largest absolute Gasteiger partial charge is 0.496 e. The Bertz CT molecular complexity index is 248. The number of hydrogen-bond donors (Lipinski definition) is 0. The van der Waals surface area contributed by atoms with Crippen molar-refractivity contribution in [3.63, 3.8) is 0 Å². The molecule has 1 aliphatic rings. The topological polar surface area (TPSA) is 35.5 Å². The van der Waals surface area contributed by atoms with Crippen LogP contribution in [0, 0.1) is 0 Å². The van der Waals surface area contributed by atoms with Crippen LogP contribution in [0.4, 0.5) is 26.3 Å². The highest BCUT2D eigenvalue weighted by Gasteiger charge is 2.73. The fraction of sp³-hybridized carbons (Fsp3) is 0.750. The highest BCUT2D eigenvalue weighted by molar-refractivity contribution is 5.76. The zero-order chi connectivity index (χ0) is 10.5. The molecule has 0 N–H and O–H groups in total. The molecule has 0 aromatic carbocycles. The number of rotatable bonds is 0. The Morgan fingerprint density at radius 1 is 0.923 bits per heavy atom. The van der Waals surface area contributed by atoms with Crippen LogP contribution in [0.25, 0.3) is 0 Å². The Balaban J connectivity index is 3.00. The quantitative estimate of drug-likeness (QED) is 0.447. The van der Waals surface area contributed by atoms with Crippen LogP contribution in [0.5, 0.6) is 0 Å². The first-order chi connectivity index (χ1) is 5.58. The Labute approximate surface area is 66.2 Å². The monoisotopic (exact) mass is 210 g/mol. The average molecular weight is 210 g/mol. The fourth-order valence-electron chi connectivity index (χ4n) is 0.497. The van der Waals surface area contributed by atoms with Crippen molar-refractivity contribution in [2.45, 2.75) is 18.3 Å². The van der Waals surface area contributed by atoms with E-state index in [9.17, 15) is 31.1 Å². The highest BCUT2D eigenvalue weighted by atomic mass is 19.3. The summed E-state index contributed by atoms with van der Waals surface area (Å²) in [4.78, 5) is 9.91. The summed E-state index contributed by atoms with van der Waals surface area (Å²) in [6, 6.07) is 0. The Hall–Kier alpha value is -0.990. The minimum absolute atomic E-state index is 2.30. The second-order valence-corrected chi connectivity index (χ2v) is 2.04. The number of esters is 1. The van der Waals surface area contributed by atoms with Crippen molar-refractivity contribution in [2.24, 2.45) is 0 Å².